The number of piperazine rings is 1. The number of benzene rings is 1. The van der Waals surface area contributed by atoms with Gasteiger partial charge >= 0.3 is 12.1 Å². The molecule has 0 bridgehead atoms. The average Bonchev–Trinajstić information content (AvgIpc) is 3.27. The molecule has 1 fully saturated rings. The molecule has 2 aliphatic heterocycles. The number of rotatable bonds is 5. The molecule has 0 spiro atoms. The van der Waals surface area contributed by atoms with Crippen molar-refractivity contribution >= 4 is 29.7 Å². The van der Waals surface area contributed by atoms with E-state index in [0.29, 0.717) is 11.3 Å². The van der Waals surface area contributed by atoms with Gasteiger partial charge in [0, 0.05) is 56.6 Å². The van der Waals surface area contributed by atoms with Crippen LogP contribution in [0.25, 0.3) is 23.4 Å². The molecule has 2 aliphatic rings. The highest BCUT2D eigenvalue weighted by atomic mass is 19.4. The number of halogens is 3. The zero-order valence-corrected chi connectivity index (χ0v) is 19.7. The summed E-state index contributed by atoms with van der Waals surface area (Å²) < 4.78 is 39.8. The zero-order chi connectivity index (χ0) is 26.0. The molecule has 1 amide bonds. The van der Waals surface area contributed by atoms with E-state index in [1.807, 2.05) is 30.4 Å². The van der Waals surface area contributed by atoms with Crippen molar-refractivity contribution in [2.45, 2.75) is 12.6 Å². The highest BCUT2D eigenvalue weighted by Crippen LogP contribution is 2.29. The van der Waals surface area contributed by atoms with Crippen LogP contribution >= 0.6 is 0 Å². The number of carbonyl (C=O) groups is 2. The number of hydrogen-bond acceptors (Lipinski definition) is 6. The molecular formula is C26H24F3N5O3. The third kappa shape index (κ3) is 5.21. The lowest BCUT2D eigenvalue weighted by molar-refractivity contribution is -0.199. The lowest BCUT2D eigenvalue weighted by Gasteiger charge is -2.30. The van der Waals surface area contributed by atoms with E-state index in [4.69, 9.17) is 4.84 Å². The van der Waals surface area contributed by atoms with E-state index < -0.39 is 18.1 Å². The number of pyridine rings is 1. The Hall–Kier alpha value is -4.12. The topological polar surface area (TPSA) is 88.5 Å². The summed E-state index contributed by atoms with van der Waals surface area (Å²) in [4.78, 5) is 35.4. The Morgan fingerprint density at radius 1 is 1.05 bits per heavy atom. The predicted octanol–water partition coefficient (Wildman–Crippen LogP) is 2.93. The first-order valence-electron chi connectivity index (χ1n) is 11.8. The molecule has 3 aromatic rings. The Kier molecular flexibility index (Phi) is 6.70. The maximum Gasteiger partial charge on any atom is 0.493 e. The first-order chi connectivity index (χ1) is 17.8. The second kappa shape index (κ2) is 10.1. The summed E-state index contributed by atoms with van der Waals surface area (Å²) in [7, 11) is 0. The Labute approximate surface area is 210 Å². The van der Waals surface area contributed by atoms with Crippen molar-refractivity contribution in [1.29, 1.82) is 0 Å². The van der Waals surface area contributed by atoms with Crippen LogP contribution in [0.3, 0.4) is 0 Å². The number of hydrogen-bond donors (Lipinski definition) is 2. The number of anilines is 1. The molecule has 0 atom stereocenters. The average molecular weight is 512 g/mol. The summed E-state index contributed by atoms with van der Waals surface area (Å²) in [5.74, 6) is -2.81. The SMILES string of the molecule is O=C1NCCc2c1cc(-c1ccnc(C=Cc3ccccc3N3CCNCC3)c1)n2OC(=O)C(F)(F)F. The van der Waals surface area contributed by atoms with Gasteiger partial charge in [-0.2, -0.15) is 17.9 Å². The summed E-state index contributed by atoms with van der Waals surface area (Å²) in [6.45, 7) is 3.81. The number of fused-ring (bicyclic) bond motifs is 1. The van der Waals surface area contributed by atoms with E-state index in [1.54, 1.807) is 12.1 Å². The summed E-state index contributed by atoms with van der Waals surface area (Å²) in [6, 6.07) is 12.7. The monoisotopic (exact) mass is 511 g/mol. The lowest BCUT2D eigenvalue weighted by atomic mass is 10.1. The van der Waals surface area contributed by atoms with Crippen molar-refractivity contribution in [3.05, 3.63) is 71.2 Å². The van der Waals surface area contributed by atoms with Gasteiger partial charge in [-0.05, 0) is 35.9 Å². The normalized spacial score (nSPS) is 16.0. The molecular weight excluding hydrogens is 487 g/mol. The maximum atomic E-state index is 13.0. The number of nitrogens with one attached hydrogen (secondary N) is 2. The minimum Gasteiger partial charge on any atom is -0.369 e. The van der Waals surface area contributed by atoms with Crippen LogP contribution in [-0.2, 0) is 11.2 Å². The van der Waals surface area contributed by atoms with Gasteiger partial charge in [0.1, 0.15) is 0 Å². The van der Waals surface area contributed by atoms with Crippen LogP contribution in [0.15, 0.2) is 48.7 Å². The molecule has 1 aromatic carbocycles. The van der Waals surface area contributed by atoms with E-state index >= 15 is 0 Å². The third-order valence-corrected chi connectivity index (χ3v) is 6.26. The molecule has 192 valence electrons. The Morgan fingerprint density at radius 2 is 1.84 bits per heavy atom. The van der Waals surface area contributed by atoms with Crippen LogP contribution < -0.4 is 20.4 Å². The quantitative estimate of drug-likeness (QED) is 0.548. The molecule has 8 nitrogen and oxygen atoms in total. The number of nitrogens with zero attached hydrogens (tertiary/aromatic N) is 3. The molecule has 37 heavy (non-hydrogen) atoms. The van der Waals surface area contributed by atoms with Gasteiger partial charge < -0.3 is 20.4 Å². The first-order valence-corrected chi connectivity index (χ1v) is 11.8. The maximum absolute atomic E-state index is 13.0. The fraction of sp³-hybridized carbons (Fsp3) is 0.269. The van der Waals surface area contributed by atoms with Crippen LogP contribution in [0.1, 0.15) is 27.3 Å². The van der Waals surface area contributed by atoms with Crippen molar-refractivity contribution < 1.29 is 27.6 Å². The number of aromatic nitrogens is 2. The Bertz CT molecular complexity index is 1360. The van der Waals surface area contributed by atoms with Crippen molar-refractivity contribution in [3.8, 4) is 11.3 Å². The van der Waals surface area contributed by atoms with Crippen LogP contribution in [0.4, 0.5) is 18.9 Å². The number of alkyl halides is 3. The zero-order valence-electron chi connectivity index (χ0n) is 19.7. The Morgan fingerprint density at radius 3 is 2.62 bits per heavy atom. The van der Waals surface area contributed by atoms with E-state index in [2.05, 4.69) is 26.6 Å². The molecule has 0 saturated carbocycles. The van der Waals surface area contributed by atoms with Crippen molar-refractivity contribution in [2.24, 2.45) is 0 Å². The highest BCUT2D eigenvalue weighted by Gasteiger charge is 2.43. The van der Waals surface area contributed by atoms with E-state index in [9.17, 15) is 22.8 Å². The standard InChI is InChI=1S/C26H24F3N5O3/c27-26(28,29)25(36)37-34-22-8-10-32-24(35)20(22)16-23(34)18-7-9-31-19(15-18)6-5-17-3-1-2-4-21(17)33-13-11-30-12-14-33/h1-7,9,15-16,30H,8,10-14H2,(H,32,35). The molecule has 2 N–H and O–H groups in total. The van der Waals surface area contributed by atoms with E-state index in [0.717, 1.165) is 42.2 Å². The fourth-order valence-corrected chi connectivity index (χ4v) is 4.49. The number of amides is 1. The largest absolute Gasteiger partial charge is 0.493 e. The van der Waals surface area contributed by atoms with Gasteiger partial charge in [-0.1, -0.05) is 24.3 Å². The summed E-state index contributed by atoms with van der Waals surface area (Å²) in [5, 5.41) is 5.99. The predicted molar refractivity (Wildman–Crippen MR) is 132 cm³/mol. The number of para-hydroxylation sites is 1. The van der Waals surface area contributed by atoms with Crippen LogP contribution in [0.5, 0.6) is 0 Å². The van der Waals surface area contributed by atoms with Crippen LogP contribution in [-0.4, -0.2) is 60.5 Å². The molecule has 1 saturated heterocycles. The van der Waals surface area contributed by atoms with Crippen molar-refractivity contribution in [3.63, 3.8) is 0 Å². The summed E-state index contributed by atoms with van der Waals surface area (Å²) in [6.07, 6.45) is 0.290. The lowest BCUT2D eigenvalue weighted by Crippen LogP contribution is -2.43. The Balaban J connectivity index is 1.48. The first kappa shape index (κ1) is 24.6. The molecule has 0 unspecified atom stereocenters. The van der Waals surface area contributed by atoms with Gasteiger partial charge in [0.25, 0.3) is 5.91 Å². The number of carbonyl (C=O) groups excluding carboxylic acids is 2. The smallest absolute Gasteiger partial charge is 0.369 e. The van der Waals surface area contributed by atoms with Gasteiger partial charge in [-0.3, -0.25) is 9.78 Å². The molecule has 0 aliphatic carbocycles. The second-order valence-electron chi connectivity index (χ2n) is 8.67. The van der Waals surface area contributed by atoms with Gasteiger partial charge in [-0.15, -0.1) is 0 Å². The van der Waals surface area contributed by atoms with Gasteiger partial charge in [0.15, 0.2) is 0 Å². The second-order valence-corrected chi connectivity index (χ2v) is 8.67. The molecule has 0 radical (unpaired) electrons. The van der Waals surface area contributed by atoms with E-state index in [1.165, 1.54) is 12.3 Å². The molecule has 4 heterocycles. The van der Waals surface area contributed by atoms with Gasteiger partial charge in [0.05, 0.1) is 22.6 Å². The summed E-state index contributed by atoms with van der Waals surface area (Å²) in [5.41, 5.74) is 3.62. The molecule has 2 aromatic heterocycles. The minimum atomic E-state index is -5.19. The van der Waals surface area contributed by atoms with Gasteiger partial charge in [-0.25, -0.2) is 4.79 Å². The third-order valence-electron chi connectivity index (χ3n) is 6.26. The molecule has 11 heteroatoms. The molecule has 5 rings (SSSR count). The van der Waals surface area contributed by atoms with E-state index in [-0.39, 0.29) is 29.9 Å². The van der Waals surface area contributed by atoms with Crippen LogP contribution in [0, 0.1) is 0 Å². The van der Waals surface area contributed by atoms with Crippen molar-refractivity contribution in [2.75, 3.05) is 37.6 Å². The van der Waals surface area contributed by atoms with Gasteiger partial charge in [0.2, 0.25) is 0 Å². The minimum absolute atomic E-state index is 0.151. The van der Waals surface area contributed by atoms with Crippen LogP contribution in [0.2, 0.25) is 0 Å². The highest BCUT2D eigenvalue weighted by molar-refractivity contribution is 5.98. The fourth-order valence-electron chi connectivity index (χ4n) is 4.49. The summed E-state index contributed by atoms with van der Waals surface area (Å²) >= 11 is 0. The van der Waals surface area contributed by atoms with Crippen molar-refractivity contribution in [1.82, 2.24) is 20.3 Å².